The molecular weight excluding hydrogens is 486 g/mol. The van der Waals surface area contributed by atoms with Gasteiger partial charge in [0.05, 0.1) is 31.3 Å². The zero-order valence-corrected chi connectivity index (χ0v) is 19.4. The van der Waals surface area contributed by atoms with Crippen LogP contribution in [0.3, 0.4) is 0 Å². The molecule has 0 saturated carbocycles. The molecule has 5 aromatic rings. The summed E-state index contributed by atoms with van der Waals surface area (Å²) in [5, 5.41) is 5.82. The van der Waals surface area contributed by atoms with Crippen LogP contribution in [0.5, 0.6) is 11.5 Å². The molecule has 0 aliphatic rings. The van der Waals surface area contributed by atoms with E-state index < -0.39 is 0 Å². The SMILES string of the molecule is COc1ccc(C=Nn2c(-c3cc4cc(Br)ccc4o3)nc3ccccc3c2=O)cc1OC. The Morgan fingerprint density at radius 2 is 1.82 bits per heavy atom. The largest absolute Gasteiger partial charge is 0.493 e. The van der Waals surface area contributed by atoms with Crippen molar-refractivity contribution in [1.82, 2.24) is 9.66 Å². The van der Waals surface area contributed by atoms with Crippen LogP contribution in [0.25, 0.3) is 33.5 Å². The van der Waals surface area contributed by atoms with Crippen LogP contribution < -0.4 is 15.0 Å². The van der Waals surface area contributed by atoms with E-state index in [4.69, 9.17) is 18.9 Å². The van der Waals surface area contributed by atoms with Gasteiger partial charge in [0.1, 0.15) is 5.58 Å². The van der Waals surface area contributed by atoms with Crippen LogP contribution in [-0.4, -0.2) is 30.1 Å². The van der Waals surface area contributed by atoms with Crippen molar-refractivity contribution in [2.24, 2.45) is 5.10 Å². The predicted octanol–water partition coefficient (Wildman–Crippen LogP) is 5.47. The standard InChI is InChI=1S/C25H18BrN3O4/c1-31-21-9-7-15(11-22(21)32-2)14-27-29-24(28-19-6-4-3-5-18(19)25(29)30)23-13-16-12-17(26)8-10-20(16)33-23/h3-14H,1-2H3. The fourth-order valence-corrected chi connectivity index (χ4v) is 3.95. The second-order valence-electron chi connectivity index (χ2n) is 7.22. The number of furan rings is 1. The molecule has 0 unspecified atom stereocenters. The van der Waals surface area contributed by atoms with Crippen molar-refractivity contribution in [1.29, 1.82) is 0 Å². The second-order valence-corrected chi connectivity index (χ2v) is 8.14. The number of nitrogens with zero attached hydrogens (tertiary/aromatic N) is 3. The Morgan fingerprint density at radius 1 is 1.00 bits per heavy atom. The normalized spacial score (nSPS) is 11.5. The highest BCUT2D eigenvalue weighted by atomic mass is 79.9. The van der Waals surface area contributed by atoms with Gasteiger partial charge in [-0.15, -0.1) is 0 Å². The third-order valence-electron chi connectivity index (χ3n) is 5.18. The van der Waals surface area contributed by atoms with Crippen molar-refractivity contribution < 1.29 is 13.9 Å². The molecule has 0 aliphatic carbocycles. The van der Waals surface area contributed by atoms with Crippen LogP contribution in [0.2, 0.25) is 0 Å². The number of aromatic nitrogens is 2. The van der Waals surface area contributed by atoms with Gasteiger partial charge in [0.25, 0.3) is 5.56 Å². The molecule has 2 heterocycles. The Morgan fingerprint density at radius 3 is 2.64 bits per heavy atom. The molecule has 0 fully saturated rings. The molecule has 2 aromatic heterocycles. The van der Waals surface area contributed by atoms with Crippen molar-refractivity contribution >= 4 is 44.0 Å². The van der Waals surface area contributed by atoms with E-state index in [-0.39, 0.29) is 5.56 Å². The molecule has 8 heteroatoms. The molecule has 0 bridgehead atoms. The average Bonchev–Trinajstić information content (AvgIpc) is 3.26. The van der Waals surface area contributed by atoms with E-state index in [1.807, 2.05) is 36.4 Å². The molecule has 0 aliphatic heterocycles. The summed E-state index contributed by atoms with van der Waals surface area (Å²) in [5.74, 6) is 1.92. The molecule has 0 atom stereocenters. The van der Waals surface area contributed by atoms with Crippen molar-refractivity contribution in [3.8, 4) is 23.1 Å². The summed E-state index contributed by atoms with van der Waals surface area (Å²) < 4.78 is 18.8. The van der Waals surface area contributed by atoms with Crippen LogP contribution >= 0.6 is 15.9 Å². The van der Waals surface area contributed by atoms with Gasteiger partial charge in [0, 0.05) is 9.86 Å². The predicted molar refractivity (Wildman–Crippen MR) is 131 cm³/mol. The first-order chi connectivity index (χ1) is 16.1. The van der Waals surface area contributed by atoms with Gasteiger partial charge in [-0.25, -0.2) is 4.98 Å². The molecule has 0 saturated heterocycles. The van der Waals surface area contributed by atoms with Crippen molar-refractivity contribution in [3.05, 3.63) is 87.1 Å². The third-order valence-corrected chi connectivity index (χ3v) is 5.68. The lowest BCUT2D eigenvalue weighted by atomic mass is 10.2. The first-order valence-electron chi connectivity index (χ1n) is 10.0. The van der Waals surface area contributed by atoms with Gasteiger partial charge >= 0.3 is 0 Å². The van der Waals surface area contributed by atoms with Gasteiger partial charge in [-0.3, -0.25) is 4.79 Å². The molecule has 0 radical (unpaired) electrons. The zero-order valence-electron chi connectivity index (χ0n) is 17.8. The summed E-state index contributed by atoms with van der Waals surface area (Å²) in [6.45, 7) is 0. The molecule has 5 rings (SSSR count). The fourth-order valence-electron chi connectivity index (χ4n) is 3.57. The van der Waals surface area contributed by atoms with Crippen molar-refractivity contribution in [3.63, 3.8) is 0 Å². The minimum atomic E-state index is -0.297. The van der Waals surface area contributed by atoms with E-state index >= 15 is 0 Å². The minimum absolute atomic E-state index is 0.297. The van der Waals surface area contributed by atoms with E-state index in [1.165, 1.54) is 4.68 Å². The first-order valence-corrected chi connectivity index (χ1v) is 10.8. The van der Waals surface area contributed by atoms with Gasteiger partial charge < -0.3 is 13.9 Å². The zero-order chi connectivity index (χ0) is 22.9. The minimum Gasteiger partial charge on any atom is -0.493 e. The molecule has 3 aromatic carbocycles. The van der Waals surface area contributed by atoms with Crippen LogP contribution in [0.15, 0.2) is 85.5 Å². The maximum Gasteiger partial charge on any atom is 0.282 e. The second kappa shape index (κ2) is 8.55. The summed E-state index contributed by atoms with van der Waals surface area (Å²) in [6, 6.07) is 20.1. The number of fused-ring (bicyclic) bond motifs is 2. The Balaban J connectivity index is 1.69. The summed E-state index contributed by atoms with van der Waals surface area (Å²) in [4.78, 5) is 18.0. The topological polar surface area (TPSA) is 78.9 Å². The van der Waals surface area contributed by atoms with Gasteiger partial charge in [-0.05, 0) is 60.2 Å². The van der Waals surface area contributed by atoms with E-state index in [0.29, 0.717) is 39.6 Å². The lowest BCUT2D eigenvalue weighted by Crippen LogP contribution is -2.20. The summed E-state index contributed by atoms with van der Waals surface area (Å²) in [5.41, 5.74) is 1.68. The molecule has 7 nitrogen and oxygen atoms in total. The summed E-state index contributed by atoms with van der Waals surface area (Å²) in [7, 11) is 3.14. The first kappa shape index (κ1) is 21.0. The van der Waals surface area contributed by atoms with Gasteiger partial charge in [0.2, 0.25) is 5.82 Å². The number of para-hydroxylation sites is 1. The van der Waals surface area contributed by atoms with Gasteiger partial charge in [0.15, 0.2) is 17.3 Å². The fraction of sp³-hybridized carbons (Fsp3) is 0.0800. The molecule has 0 spiro atoms. The Hall–Kier alpha value is -3.91. The number of methoxy groups -OCH3 is 2. The maximum atomic E-state index is 13.4. The molecule has 33 heavy (non-hydrogen) atoms. The average molecular weight is 504 g/mol. The van der Waals surface area contributed by atoms with E-state index in [9.17, 15) is 4.79 Å². The van der Waals surface area contributed by atoms with Gasteiger partial charge in [-0.2, -0.15) is 9.78 Å². The number of halogens is 1. The Kier molecular flexibility index (Phi) is 5.43. The lowest BCUT2D eigenvalue weighted by molar-refractivity contribution is 0.355. The van der Waals surface area contributed by atoms with Gasteiger partial charge in [-0.1, -0.05) is 28.1 Å². The molecular formula is C25H18BrN3O4. The number of benzene rings is 3. The summed E-state index contributed by atoms with van der Waals surface area (Å²) >= 11 is 3.47. The molecule has 0 N–H and O–H groups in total. The lowest BCUT2D eigenvalue weighted by Gasteiger charge is -2.09. The number of hydrogen-bond donors (Lipinski definition) is 0. The third kappa shape index (κ3) is 3.89. The smallest absolute Gasteiger partial charge is 0.282 e. The van der Waals surface area contributed by atoms with Crippen LogP contribution in [-0.2, 0) is 0 Å². The van der Waals surface area contributed by atoms with Crippen molar-refractivity contribution in [2.75, 3.05) is 14.2 Å². The monoisotopic (exact) mass is 503 g/mol. The quantitative estimate of drug-likeness (QED) is 0.297. The van der Waals surface area contributed by atoms with E-state index in [0.717, 1.165) is 15.4 Å². The number of rotatable bonds is 5. The highest BCUT2D eigenvalue weighted by Crippen LogP contribution is 2.30. The van der Waals surface area contributed by atoms with E-state index in [2.05, 4.69) is 21.0 Å². The van der Waals surface area contributed by atoms with Crippen LogP contribution in [0.1, 0.15) is 5.56 Å². The highest BCUT2D eigenvalue weighted by Gasteiger charge is 2.16. The molecule has 164 valence electrons. The molecule has 0 amide bonds. The van der Waals surface area contributed by atoms with E-state index in [1.54, 1.807) is 50.8 Å². The number of hydrogen-bond acceptors (Lipinski definition) is 6. The Labute approximate surface area is 197 Å². The Bertz CT molecular complexity index is 1590. The number of ether oxygens (including phenoxy) is 2. The highest BCUT2D eigenvalue weighted by molar-refractivity contribution is 9.10. The van der Waals surface area contributed by atoms with Crippen LogP contribution in [0.4, 0.5) is 0 Å². The van der Waals surface area contributed by atoms with Crippen molar-refractivity contribution in [2.45, 2.75) is 0 Å². The summed E-state index contributed by atoms with van der Waals surface area (Å²) in [6.07, 6.45) is 1.57. The maximum absolute atomic E-state index is 13.4. The van der Waals surface area contributed by atoms with Crippen LogP contribution in [0, 0.1) is 0 Å².